The molecule has 0 saturated carbocycles. The van der Waals surface area contributed by atoms with Crippen molar-refractivity contribution in [3.8, 4) is 17.2 Å². The smallest absolute Gasteiger partial charge is 0.161 e. The number of methoxy groups -OCH3 is 3. The lowest BCUT2D eigenvalue weighted by molar-refractivity contribution is 0.351. The summed E-state index contributed by atoms with van der Waals surface area (Å²) in [5.41, 5.74) is 4.00. The van der Waals surface area contributed by atoms with Crippen molar-refractivity contribution in [3.63, 3.8) is 0 Å². The van der Waals surface area contributed by atoms with E-state index in [1.165, 1.54) is 16.7 Å². The average Bonchev–Trinajstić information content (AvgIpc) is 2.65. The van der Waals surface area contributed by atoms with Gasteiger partial charge in [-0.05, 0) is 66.8 Å². The van der Waals surface area contributed by atoms with Crippen molar-refractivity contribution < 1.29 is 14.2 Å². The molecule has 0 bridgehead atoms. The summed E-state index contributed by atoms with van der Waals surface area (Å²) in [4.78, 5) is 0. The van der Waals surface area contributed by atoms with Gasteiger partial charge in [0.25, 0.3) is 0 Å². The van der Waals surface area contributed by atoms with Gasteiger partial charge in [0.15, 0.2) is 11.5 Å². The van der Waals surface area contributed by atoms with Crippen molar-refractivity contribution in [2.24, 2.45) is 0 Å². The normalized spacial score (nSPS) is 15.7. The number of benzene rings is 2. The van der Waals surface area contributed by atoms with Crippen LogP contribution in [0.2, 0.25) is 0 Å². The second-order valence-corrected chi connectivity index (χ2v) is 6.05. The lowest BCUT2D eigenvalue weighted by Crippen LogP contribution is -2.30. The Bertz CT molecular complexity index is 688. The molecule has 0 radical (unpaired) electrons. The highest BCUT2D eigenvalue weighted by Crippen LogP contribution is 2.36. The number of rotatable bonds is 6. The number of ether oxygens (including phenoxy) is 3. The van der Waals surface area contributed by atoms with Crippen molar-refractivity contribution in [1.29, 1.82) is 0 Å². The van der Waals surface area contributed by atoms with E-state index >= 15 is 0 Å². The molecule has 1 unspecified atom stereocenters. The molecule has 0 spiro atoms. The molecule has 1 aliphatic heterocycles. The summed E-state index contributed by atoms with van der Waals surface area (Å²) in [5.74, 6) is 2.51. The van der Waals surface area contributed by atoms with Gasteiger partial charge in [-0.3, -0.25) is 0 Å². The van der Waals surface area contributed by atoms with Crippen molar-refractivity contribution in [1.82, 2.24) is 5.32 Å². The molecule has 0 aromatic heterocycles. The Morgan fingerprint density at radius 3 is 2.28 bits per heavy atom. The highest BCUT2D eigenvalue weighted by Gasteiger charge is 2.22. The predicted molar refractivity (Wildman–Crippen MR) is 103 cm³/mol. The number of aryl methyl sites for hydroxylation is 1. The van der Waals surface area contributed by atoms with Gasteiger partial charge in [-0.15, -0.1) is 12.4 Å². The Kier molecular flexibility index (Phi) is 6.97. The molecule has 1 N–H and O–H groups in total. The summed E-state index contributed by atoms with van der Waals surface area (Å²) < 4.78 is 16.1. The van der Waals surface area contributed by atoms with E-state index in [2.05, 4.69) is 29.6 Å². The zero-order chi connectivity index (χ0) is 16.9. The Labute approximate surface area is 155 Å². The average molecular weight is 364 g/mol. The largest absolute Gasteiger partial charge is 0.497 e. The monoisotopic (exact) mass is 363 g/mol. The van der Waals surface area contributed by atoms with Gasteiger partial charge in [-0.2, -0.15) is 0 Å². The number of hydrogen-bond acceptors (Lipinski definition) is 4. The lowest BCUT2D eigenvalue weighted by atomic mass is 9.90. The van der Waals surface area contributed by atoms with E-state index in [9.17, 15) is 0 Å². The Morgan fingerprint density at radius 2 is 1.64 bits per heavy atom. The summed E-state index contributed by atoms with van der Waals surface area (Å²) in [7, 11) is 5.07. The van der Waals surface area contributed by atoms with E-state index < -0.39 is 0 Å². The number of hydrogen-bond donors (Lipinski definition) is 1. The van der Waals surface area contributed by atoms with Crippen LogP contribution in [0.15, 0.2) is 36.4 Å². The highest BCUT2D eigenvalue weighted by atomic mass is 35.5. The van der Waals surface area contributed by atoms with Gasteiger partial charge >= 0.3 is 0 Å². The predicted octanol–water partition coefficient (Wildman–Crippen LogP) is 3.95. The molecule has 4 nitrogen and oxygen atoms in total. The van der Waals surface area contributed by atoms with Crippen molar-refractivity contribution in [3.05, 3.63) is 53.1 Å². The molecule has 2 aromatic carbocycles. The van der Waals surface area contributed by atoms with Crippen LogP contribution in [0, 0.1) is 0 Å². The van der Waals surface area contributed by atoms with Gasteiger partial charge in [0, 0.05) is 6.04 Å². The summed E-state index contributed by atoms with van der Waals surface area (Å²) in [5, 5.41) is 3.64. The van der Waals surface area contributed by atoms with Crippen LogP contribution in [-0.4, -0.2) is 27.9 Å². The Balaban J connectivity index is 0.00000225. The van der Waals surface area contributed by atoms with Crippen LogP contribution in [0.25, 0.3) is 0 Å². The minimum atomic E-state index is 0. The first kappa shape index (κ1) is 19.4. The van der Waals surface area contributed by atoms with Gasteiger partial charge < -0.3 is 19.5 Å². The van der Waals surface area contributed by atoms with Crippen LogP contribution in [-0.2, 0) is 12.8 Å². The first-order valence-electron chi connectivity index (χ1n) is 8.36. The third kappa shape index (κ3) is 4.39. The van der Waals surface area contributed by atoms with Crippen molar-refractivity contribution in [2.45, 2.75) is 25.3 Å². The molecule has 25 heavy (non-hydrogen) atoms. The van der Waals surface area contributed by atoms with E-state index in [1.807, 2.05) is 12.1 Å². The topological polar surface area (TPSA) is 39.7 Å². The maximum Gasteiger partial charge on any atom is 0.161 e. The van der Waals surface area contributed by atoms with E-state index in [0.717, 1.165) is 43.1 Å². The maximum absolute atomic E-state index is 5.47. The molecule has 0 fully saturated rings. The van der Waals surface area contributed by atoms with Crippen LogP contribution in [0.5, 0.6) is 17.2 Å². The molecule has 0 aliphatic carbocycles. The standard InChI is InChI=1S/C20H25NO3.ClH/c1-22-16-7-4-14(5-8-16)6-9-18-17-13-20(24-3)19(23-2)12-15(17)10-11-21-18;/h4-5,7-8,12-13,18,21H,6,9-11H2,1-3H3;1H. The molecule has 1 heterocycles. The van der Waals surface area contributed by atoms with Gasteiger partial charge in [0.05, 0.1) is 21.3 Å². The van der Waals surface area contributed by atoms with E-state index in [1.54, 1.807) is 21.3 Å². The van der Waals surface area contributed by atoms with Crippen molar-refractivity contribution in [2.75, 3.05) is 27.9 Å². The van der Waals surface area contributed by atoms with E-state index in [0.29, 0.717) is 6.04 Å². The van der Waals surface area contributed by atoms with Crippen LogP contribution in [0.3, 0.4) is 0 Å². The molecule has 2 aromatic rings. The first-order chi connectivity index (χ1) is 11.7. The Hall–Kier alpha value is -1.91. The summed E-state index contributed by atoms with van der Waals surface area (Å²) in [6.07, 6.45) is 3.10. The van der Waals surface area contributed by atoms with Crippen LogP contribution in [0.4, 0.5) is 0 Å². The van der Waals surface area contributed by atoms with Crippen LogP contribution >= 0.6 is 12.4 Å². The second-order valence-electron chi connectivity index (χ2n) is 6.05. The van der Waals surface area contributed by atoms with Crippen molar-refractivity contribution >= 4 is 12.4 Å². The molecule has 3 rings (SSSR count). The summed E-state index contributed by atoms with van der Waals surface area (Å²) >= 11 is 0. The zero-order valence-corrected chi connectivity index (χ0v) is 15.8. The number of halogens is 1. The van der Waals surface area contributed by atoms with Gasteiger partial charge in [0.2, 0.25) is 0 Å². The molecule has 5 heteroatoms. The highest BCUT2D eigenvalue weighted by molar-refractivity contribution is 5.85. The molecule has 136 valence electrons. The fourth-order valence-corrected chi connectivity index (χ4v) is 3.33. The number of nitrogens with one attached hydrogen (secondary N) is 1. The molecule has 0 saturated heterocycles. The lowest BCUT2D eigenvalue weighted by Gasteiger charge is -2.28. The summed E-state index contributed by atoms with van der Waals surface area (Å²) in [6.45, 7) is 0.996. The SMILES string of the molecule is COc1ccc(CCC2NCCc3cc(OC)c(OC)cc32)cc1.Cl. The third-order valence-corrected chi connectivity index (χ3v) is 4.69. The molecule has 1 aliphatic rings. The van der Waals surface area contributed by atoms with Gasteiger partial charge in [-0.1, -0.05) is 12.1 Å². The van der Waals surface area contributed by atoms with E-state index in [-0.39, 0.29) is 12.4 Å². The zero-order valence-electron chi connectivity index (χ0n) is 15.0. The fraction of sp³-hybridized carbons (Fsp3) is 0.400. The van der Waals surface area contributed by atoms with Crippen LogP contribution < -0.4 is 19.5 Å². The van der Waals surface area contributed by atoms with Gasteiger partial charge in [0.1, 0.15) is 5.75 Å². The fourth-order valence-electron chi connectivity index (χ4n) is 3.33. The molecule has 1 atom stereocenters. The van der Waals surface area contributed by atoms with E-state index in [4.69, 9.17) is 14.2 Å². The maximum atomic E-state index is 5.47. The molecular formula is C20H26ClNO3. The Morgan fingerprint density at radius 1 is 0.960 bits per heavy atom. The quantitative estimate of drug-likeness (QED) is 0.843. The first-order valence-corrected chi connectivity index (χ1v) is 8.36. The molecular weight excluding hydrogens is 338 g/mol. The summed E-state index contributed by atoms with van der Waals surface area (Å²) in [6, 6.07) is 12.9. The number of fused-ring (bicyclic) bond motifs is 1. The minimum absolute atomic E-state index is 0. The minimum Gasteiger partial charge on any atom is -0.497 e. The third-order valence-electron chi connectivity index (χ3n) is 4.69. The molecule has 0 amide bonds. The van der Waals surface area contributed by atoms with Crippen LogP contribution in [0.1, 0.15) is 29.2 Å². The van der Waals surface area contributed by atoms with Gasteiger partial charge in [-0.25, -0.2) is 0 Å². The second kappa shape index (κ2) is 8.97.